The van der Waals surface area contributed by atoms with E-state index in [0.717, 1.165) is 82.1 Å². The summed E-state index contributed by atoms with van der Waals surface area (Å²) in [7, 11) is -9.26. The van der Waals surface area contributed by atoms with Gasteiger partial charge in [-0.05, 0) is 142 Å². The zero-order valence-electron chi connectivity index (χ0n) is 32.5. The molecule has 10 nitrogen and oxygen atoms in total. The number of isothiocyanates is 1. The molecular formula is C43H46N3O7S3-. The molecule has 0 bridgehead atoms. The summed E-state index contributed by atoms with van der Waals surface area (Å²) >= 11 is 4.71. The number of thiocarbonyl (C=S) groups is 1. The second-order valence-electron chi connectivity index (χ2n) is 15.1. The third kappa shape index (κ3) is 8.02. The number of benzene rings is 3. The molecule has 0 aromatic heterocycles. The van der Waals surface area contributed by atoms with Crippen LogP contribution in [0.1, 0.15) is 77.5 Å². The van der Waals surface area contributed by atoms with Crippen molar-refractivity contribution in [1.29, 1.82) is 0 Å². The predicted molar refractivity (Wildman–Crippen MR) is 220 cm³/mol. The Bertz CT molecular complexity index is 2500. The maximum Gasteiger partial charge on any atom is 0.209 e. The van der Waals surface area contributed by atoms with Gasteiger partial charge in [0.1, 0.15) is 38.3 Å². The maximum atomic E-state index is 12.0. The molecule has 0 amide bonds. The van der Waals surface area contributed by atoms with Crippen molar-refractivity contribution < 1.29 is 35.3 Å². The van der Waals surface area contributed by atoms with Gasteiger partial charge in [-0.3, -0.25) is 0 Å². The average Bonchev–Trinajstić information content (AvgIpc) is 3.50. The number of ether oxygens (including phenoxy) is 1. The third-order valence-corrected chi connectivity index (χ3v) is 12.8. The smallest absolute Gasteiger partial charge is 0.209 e. The Kier molecular flexibility index (Phi) is 11.6. The molecule has 0 unspecified atom stereocenters. The van der Waals surface area contributed by atoms with Crippen LogP contribution < -0.4 is 9.64 Å². The highest BCUT2D eigenvalue weighted by Gasteiger charge is 2.44. The van der Waals surface area contributed by atoms with Gasteiger partial charge in [0.05, 0.1) is 26.9 Å². The summed E-state index contributed by atoms with van der Waals surface area (Å²) in [6.07, 6.45) is 11.4. The van der Waals surface area contributed by atoms with E-state index in [1.54, 1.807) is 12.1 Å². The fourth-order valence-corrected chi connectivity index (χ4v) is 9.17. The number of likely N-dealkylation sites (N-methyl/N-ethyl adjacent to an activating group) is 1. The zero-order chi connectivity index (χ0) is 40.6. The lowest BCUT2D eigenvalue weighted by molar-refractivity contribution is -0.433. The van der Waals surface area contributed by atoms with Crippen LogP contribution in [0.2, 0.25) is 0 Å². The van der Waals surface area contributed by atoms with E-state index in [0.29, 0.717) is 25.4 Å². The van der Waals surface area contributed by atoms with Crippen molar-refractivity contribution in [1.82, 2.24) is 0 Å². The Balaban J connectivity index is 1.44. The first-order valence-electron chi connectivity index (χ1n) is 18.7. The highest BCUT2D eigenvalue weighted by atomic mass is 32.2. The lowest BCUT2D eigenvalue weighted by atomic mass is 9.81. The van der Waals surface area contributed by atoms with Crippen LogP contribution in [0, 0.1) is 0 Å². The van der Waals surface area contributed by atoms with Crippen molar-refractivity contribution in [3.63, 3.8) is 0 Å². The topological polar surface area (TPSA) is 142 Å². The predicted octanol–water partition coefficient (Wildman–Crippen LogP) is 8.24. The fourth-order valence-electron chi connectivity index (χ4n) is 8.08. The highest BCUT2D eigenvalue weighted by molar-refractivity contribution is 7.86. The summed E-state index contributed by atoms with van der Waals surface area (Å²) in [5.41, 5.74) is 7.09. The van der Waals surface area contributed by atoms with Crippen LogP contribution in [0.25, 0.3) is 0 Å². The summed E-state index contributed by atoms with van der Waals surface area (Å²) in [5, 5.41) is 2.41. The van der Waals surface area contributed by atoms with E-state index < -0.39 is 31.1 Å². The highest BCUT2D eigenvalue weighted by Crippen LogP contribution is 2.49. The number of rotatable bonds is 12. The molecule has 0 N–H and O–H groups in total. The van der Waals surface area contributed by atoms with Crippen LogP contribution in [0.3, 0.4) is 0 Å². The van der Waals surface area contributed by atoms with Crippen LogP contribution in [0.4, 0.5) is 11.4 Å². The monoisotopic (exact) mass is 812 g/mol. The molecule has 2 heterocycles. The second-order valence-corrected chi connectivity index (χ2v) is 18.1. The molecule has 3 aromatic rings. The zero-order valence-corrected chi connectivity index (χ0v) is 34.9. The fraction of sp³-hybridized carbons (Fsp3) is 0.349. The van der Waals surface area contributed by atoms with E-state index in [-0.39, 0.29) is 9.79 Å². The van der Waals surface area contributed by atoms with Crippen molar-refractivity contribution in [3.8, 4) is 5.75 Å². The van der Waals surface area contributed by atoms with Gasteiger partial charge in [-0.1, -0.05) is 32.1 Å². The van der Waals surface area contributed by atoms with Crippen molar-refractivity contribution >= 4 is 54.7 Å². The molecule has 0 saturated carbocycles. The Morgan fingerprint density at radius 2 is 1.54 bits per heavy atom. The van der Waals surface area contributed by atoms with Crippen LogP contribution >= 0.6 is 12.2 Å². The van der Waals surface area contributed by atoms with Gasteiger partial charge in [-0.15, -0.1) is 0 Å². The molecule has 6 rings (SSSR count). The molecule has 3 aromatic carbocycles. The van der Waals surface area contributed by atoms with E-state index in [9.17, 15) is 25.9 Å². The van der Waals surface area contributed by atoms with E-state index in [4.69, 9.17) is 17.0 Å². The first kappa shape index (κ1) is 41.2. The number of anilines is 1. The molecule has 0 radical (unpaired) electrons. The van der Waals surface area contributed by atoms with Crippen molar-refractivity contribution in [3.05, 3.63) is 124 Å². The van der Waals surface area contributed by atoms with Crippen LogP contribution in [0.5, 0.6) is 5.75 Å². The molecule has 0 saturated heterocycles. The molecule has 3 aliphatic rings. The summed E-state index contributed by atoms with van der Waals surface area (Å²) < 4.78 is 80.6. The molecule has 0 fully saturated rings. The molecule has 294 valence electrons. The number of nitrogens with zero attached hydrogens (tertiary/aromatic N) is 3. The van der Waals surface area contributed by atoms with E-state index >= 15 is 0 Å². The van der Waals surface area contributed by atoms with Crippen molar-refractivity contribution in [2.24, 2.45) is 4.99 Å². The lowest BCUT2D eigenvalue weighted by Gasteiger charge is -2.26. The largest absolute Gasteiger partial charge is 0.744 e. The van der Waals surface area contributed by atoms with Gasteiger partial charge >= 0.3 is 0 Å². The van der Waals surface area contributed by atoms with E-state index in [1.807, 2.05) is 65.8 Å². The SMILES string of the molecule is CCN1/C(=C/C=C2\CCCC(/C=C/C3=[N+](CC)c4ccc(S(=O)(=O)[O-])cc4C3(C)C)=C2Oc2ccc(CCN=C=S)cc2)C(C)(C)c2cc(S(=O)(=O)[O-])ccc21. The lowest BCUT2D eigenvalue weighted by Crippen LogP contribution is -2.27. The minimum atomic E-state index is -4.63. The van der Waals surface area contributed by atoms with Gasteiger partial charge in [0, 0.05) is 41.1 Å². The molecule has 0 atom stereocenters. The Hall–Kier alpha value is -4.49. The number of allylic oxidation sites excluding steroid dienone is 7. The van der Waals surface area contributed by atoms with Gasteiger partial charge in [0.2, 0.25) is 5.69 Å². The summed E-state index contributed by atoms with van der Waals surface area (Å²) in [6.45, 7) is 14.0. The molecule has 13 heteroatoms. The maximum absolute atomic E-state index is 12.0. The summed E-state index contributed by atoms with van der Waals surface area (Å²) in [6, 6.07) is 17.1. The molecule has 2 aliphatic heterocycles. The van der Waals surface area contributed by atoms with Crippen LogP contribution in [0.15, 0.2) is 122 Å². The number of hydrogen-bond donors (Lipinski definition) is 0. The Labute approximate surface area is 335 Å². The van der Waals surface area contributed by atoms with Gasteiger partial charge in [-0.25, -0.2) is 21.8 Å². The molecular weight excluding hydrogens is 767 g/mol. The van der Waals surface area contributed by atoms with Gasteiger partial charge in [0.25, 0.3) is 0 Å². The number of fused-ring (bicyclic) bond motifs is 2. The minimum absolute atomic E-state index is 0.247. The Morgan fingerprint density at radius 1 is 0.875 bits per heavy atom. The van der Waals surface area contributed by atoms with Crippen LogP contribution in [-0.2, 0) is 37.5 Å². The average molecular weight is 813 g/mol. The third-order valence-electron chi connectivity index (χ3n) is 11.0. The van der Waals surface area contributed by atoms with Crippen LogP contribution in [-0.4, -0.2) is 61.0 Å². The molecule has 1 aliphatic carbocycles. The summed E-state index contributed by atoms with van der Waals surface area (Å²) in [4.78, 5) is 5.68. The first-order chi connectivity index (χ1) is 26.4. The summed E-state index contributed by atoms with van der Waals surface area (Å²) in [5.74, 6) is 1.40. The molecule has 0 spiro atoms. The van der Waals surface area contributed by atoms with Crippen molar-refractivity contribution in [2.75, 3.05) is 24.5 Å². The van der Waals surface area contributed by atoms with Gasteiger partial charge in [0.15, 0.2) is 5.71 Å². The van der Waals surface area contributed by atoms with E-state index in [1.165, 1.54) is 24.3 Å². The van der Waals surface area contributed by atoms with Crippen molar-refractivity contribution in [2.45, 2.75) is 87.8 Å². The first-order valence-corrected chi connectivity index (χ1v) is 21.9. The standard InChI is InChI=1S/C43H47N3O7S3/c1-7-45-37-20-18-33(55(47,48)49)26-35(37)42(3,4)39(45)22-14-30-10-9-11-31(41(30)53-32-16-12-29(13-17-32)24-25-44-28-54)15-23-40-43(5,6)36-27-34(56(50,51)52)19-21-38(36)46(40)8-2/h12-23,26-27H,7-11,24-25H2,1-6H3,(H-,47,48,49,50,51,52)/p-1. The van der Waals surface area contributed by atoms with Gasteiger partial charge < -0.3 is 18.7 Å². The molecule has 56 heavy (non-hydrogen) atoms. The second kappa shape index (κ2) is 15.8. The van der Waals surface area contributed by atoms with Gasteiger partial charge in [-0.2, -0.15) is 4.58 Å². The Morgan fingerprint density at radius 3 is 2.16 bits per heavy atom. The number of hydrogen-bond acceptors (Lipinski definition) is 10. The normalized spacial score (nSPS) is 19.2. The number of aliphatic imine (C=N–C) groups is 1. The minimum Gasteiger partial charge on any atom is -0.744 e. The quantitative estimate of drug-likeness (QED) is 0.0765. The van der Waals surface area contributed by atoms with E-state index in [2.05, 4.69) is 43.9 Å².